The minimum Gasteiger partial charge on any atom is -0.0622 e. The van der Waals surface area contributed by atoms with Crippen LogP contribution in [0, 0.1) is 0 Å². The normalized spacial score (nSPS) is 12.1. The van der Waals surface area contributed by atoms with Crippen molar-refractivity contribution in [2.45, 2.75) is 0 Å². The fourth-order valence-corrected chi connectivity index (χ4v) is 11.2. The summed E-state index contributed by atoms with van der Waals surface area (Å²) in [4.78, 5) is 0. The summed E-state index contributed by atoms with van der Waals surface area (Å²) in [5.74, 6) is 0. The molecule has 0 radical (unpaired) electrons. The Kier molecular flexibility index (Phi) is 7.49. The lowest BCUT2D eigenvalue weighted by Gasteiger charge is -2.23. The van der Waals surface area contributed by atoms with Crippen molar-refractivity contribution in [2.75, 3.05) is 0 Å². The lowest BCUT2D eigenvalue weighted by molar-refractivity contribution is 1.58. The van der Waals surface area contributed by atoms with Gasteiger partial charge in [-0.05, 0) is 160 Å². The summed E-state index contributed by atoms with van der Waals surface area (Å²) in [5, 5.41) is 20.5. The number of rotatable bonds is 5. The lowest BCUT2D eigenvalue weighted by Crippen LogP contribution is -1.96. The molecular weight excluding hydrogens is 769 g/mol. The highest BCUT2D eigenvalue weighted by Crippen LogP contribution is 2.50. The third-order valence-corrected chi connectivity index (χ3v) is 14.1. The van der Waals surface area contributed by atoms with Crippen LogP contribution >= 0.6 is 0 Å². The molecule has 0 aliphatic heterocycles. The monoisotopic (exact) mass is 806 g/mol. The summed E-state index contributed by atoms with van der Waals surface area (Å²) in [5.41, 5.74) is 12.2. The first kappa shape index (κ1) is 35.3. The minimum absolute atomic E-state index is 1.20. The van der Waals surface area contributed by atoms with Gasteiger partial charge in [-0.1, -0.05) is 212 Å². The molecule has 0 heteroatoms. The molecule has 0 fully saturated rings. The van der Waals surface area contributed by atoms with E-state index in [4.69, 9.17) is 0 Å². The third kappa shape index (κ3) is 5.17. The molecule has 0 aliphatic rings. The van der Waals surface area contributed by atoms with Gasteiger partial charge in [0.05, 0.1) is 0 Å². The molecule has 14 aromatic carbocycles. The fraction of sp³-hybridized carbons (Fsp3) is 0. The van der Waals surface area contributed by atoms with Crippen LogP contribution in [0.15, 0.2) is 231 Å². The van der Waals surface area contributed by atoms with Gasteiger partial charge in [-0.3, -0.25) is 0 Å². The maximum atomic E-state index is 2.52. The zero-order chi connectivity index (χ0) is 41.9. The van der Waals surface area contributed by atoms with E-state index < -0.39 is 0 Å². The molecule has 0 N–H and O–H groups in total. The average molecular weight is 807 g/mol. The second-order valence-electron chi connectivity index (χ2n) is 17.5. The molecular formula is C64H38. The molecule has 0 saturated heterocycles. The van der Waals surface area contributed by atoms with Crippen LogP contribution in [0.5, 0.6) is 0 Å². The molecule has 0 amide bonds. The minimum atomic E-state index is 1.20. The molecule has 64 heavy (non-hydrogen) atoms. The summed E-state index contributed by atoms with van der Waals surface area (Å²) in [6.07, 6.45) is 0. The van der Waals surface area contributed by atoms with E-state index in [2.05, 4.69) is 231 Å². The number of hydrogen-bond donors (Lipinski definition) is 0. The molecule has 0 nitrogen and oxygen atoms in total. The summed E-state index contributed by atoms with van der Waals surface area (Å²) in [6.45, 7) is 0. The predicted molar refractivity (Wildman–Crippen MR) is 276 cm³/mol. The van der Waals surface area contributed by atoms with Gasteiger partial charge in [-0.25, -0.2) is 0 Å². The highest BCUT2D eigenvalue weighted by atomic mass is 14.3. The van der Waals surface area contributed by atoms with E-state index in [1.807, 2.05) is 0 Å². The van der Waals surface area contributed by atoms with Crippen LogP contribution in [0.3, 0.4) is 0 Å². The van der Waals surface area contributed by atoms with Crippen LogP contribution in [0.2, 0.25) is 0 Å². The molecule has 14 rings (SSSR count). The van der Waals surface area contributed by atoms with Crippen LogP contribution < -0.4 is 0 Å². The van der Waals surface area contributed by atoms with E-state index in [9.17, 15) is 0 Å². The Morgan fingerprint density at radius 1 is 0.172 bits per heavy atom. The largest absolute Gasteiger partial charge is 0.0622 e. The molecule has 0 unspecified atom stereocenters. The Bertz CT molecular complexity index is 4140. The number of hydrogen-bond acceptors (Lipinski definition) is 0. The van der Waals surface area contributed by atoms with Gasteiger partial charge >= 0.3 is 0 Å². The smallest absolute Gasteiger partial charge is 0.00201 e. The standard InChI is InChI=1S/C64H38/c1-2-10-39(11-3-1)48-30-32-52(51-31-26-45-23-21-41-14-8-16-43-27-33-54(51)62(45)60(41)43)58(37-48)59-38-57(49-25-20-40-12-4-5-13-47(40)36-49)64(53-19-7-6-18-50(53)59)56-35-29-46-24-22-42-15-9-17-44-28-34-55(56)63(46)61(42)44/h1-38H. The van der Waals surface area contributed by atoms with Gasteiger partial charge in [0, 0.05) is 0 Å². The topological polar surface area (TPSA) is 0 Å². The van der Waals surface area contributed by atoms with Gasteiger partial charge in [0.15, 0.2) is 0 Å². The van der Waals surface area contributed by atoms with Crippen molar-refractivity contribution in [2.24, 2.45) is 0 Å². The van der Waals surface area contributed by atoms with Crippen molar-refractivity contribution >= 4 is 86.2 Å². The van der Waals surface area contributed by atoms with Gasteiger partial charge in [-0.15, -0.1) is 0 Å². The third-order valence-electron chi connectivity index (χ3n) is 14.1. The van der Waals surface area contributed by atoms with Crippen molar-refractivity contribution in [3.8, 4) is 55.6 Å². The van der Waals surface area contributed by atoms with Crippen molar-refractivity contribution in [3.63, 3.8) is 0 Å². The second-order valence-corrected chi connectivity index (χ2v) is 17.5. The van der Waals surface area contributed by atoms with Crippen LogP contribution in [-0.2, 0) is 0 Å². The Hall–Kier alpha value is -8.32. The molecule has 0 saturated carbocycles. The summed E-state index contributed by atoms with van der Waals surface area (Å²) in [7, 11) is 0. The van der Waals surface area contributed by atoms with Crippen molar-refractivity contribution < 1.29 is 0 Å². The molecule has 294 valence electrons. The maximum absolute atomic E-state index is 2.52. The Labute approximate surface area is 370 Å². The lowest BCUT2D eigenvalue weighted by atomic mass is 9.80. The quantitative estimate of drug-likeness (QED) is 0.152. The van der Waals surface area contributed by atoms with Gasteiger partial charge in [-0.2, -0.15) is 0 Å². The van der Waals surface area contributed by atoms with E-state index in [1.165, 1.54) is 142 Å². The van der Waals surface area contributed by atoms with E-state index in [0.29, 0.717) is 0 Å². The van der Waals surface area contributed by atoms with E-state index in [1.54, 1.807) is 0 Å². The first-order valence-corrected chi connectivity index (χ1v) is 22.3. The SMILES string of the molecule is c1ccc(-c2ccc(-c3ccc4ccc5cccc6ccc3c4c56)c(-c3cc(-c4ccc5ccccc5c4)c(-c4ccc5ccc6cccc7ccc4c5c67)c4ccccc34)c2)cc1. The van der Waals surface area contributed by atoms with E-state index >= 15 is 0 Å². The van der Waals surface area contributed by atoms with Crippen molar-refractivity contribution in [1.29, 1.82) is 0 Å². The Morgan fingerprint density at radius 3 is 1.34 bits per heavy atom. The first-order chi connectivity index (χ1) is 31.7. The average Bonchev–Trinajstić information content (AvgIpc) is 3.37. The van der Waals surface area contributed by atoms with Gasteiger partial charge < -0.3 is 0 Å². The first-order valence-electron chi connectivity index (χ1n) is 22.3. The molecule has 14 aromatic rings. The van der Waals surface area contributed by atoms with Crippen molar-refractivity contribution in [1.82, 2.24) is 0 Å². The van der Waals surface area contributed by atoms with Gasteiger partial charge in [0.25, 0.3) is 0 Å². The van der Waals surface area contributed by atoms with Crippen LogP contribution in [0.25, 0.3) is 142 Å². The van der Waals surface area contributed by atoms with Crippen LogP contribution in [0.4, 0.5) is 0 Å². The zero-order valence-electron chi connectivity index (χ0n) is 34.9. The fourth-order valence-electron chi connectivity index (χ4n) is 11.2. The molecule has 0 aliphatic carbocycles. The number of fused-ring (bicyclic) bond motifs is 2. The Morgan fingerprint density at radius 2 is 0.656 bits per heavy atom. The number of benzene rings is 14. The second kappa shape index (κ2) is 13.6. The van der Waals surface area contributed by atoms with E-state index in [-0.39, 0.29) is 0 Å². The van der Waals surface area contributed by atoms with Gasteiger partial charge in [0.1, 0.15) is 0 Å². The summed E-state index contributed by atoms with van der Waals surface area (Å²) < 4.78 is 0. The zero-order valence-corrected chi connectivity index (χ0v) is 34.9. The Balaban J connectivity index is 1.12. The van der Waals surface area contributed by atoms with Crippen LogP contribution in [0.1, 0.15) is 0 Å². The molecule has 0 bridgehead atoms. The van der Waals surface area contributed by atoms with E-state index in [0.717, 1.165) is 0 Å². The van der Waals surface area contributed by atoms with Crippen LogP contribution in [-0.4, -0.2) is 0 Å². The summed E-state index contributed by atoms with van der Waals surface area (Å²) in [6, 6.07) is 86.6. The molecule has 0 spiro atoms. The molecule has 0 heterocycles. The highest BCUT2D eigenvalue weighted by Gasteiger charge is 2.23. The maximum Gasteiger partial charge on any atom is -0.00201 e. The summed E-state index contributed by atoms with van der Waals surface area (Å²) >= 11 is 0. The van der Waals surface area contributed by atoms with Crippen molar-refractivity contribution in [3.05, 3.63) is 231 Å². The van der Waals surface area contributed by atoms with Gasteiger partial charge in [0.2, 0.25) is 0 Å². The molecule has 0 atom stereocenters. The highest BCUT2D eigenvalue weighted by molar-refractivity contribution is 6.28. The molecule has 0 aromatic heterocycles. The predicted octanol–water partition coefficient (Wildman–Crippen LogP) is 18.1.